The molecule has 3 aromatic carbocycles. The van der Waals surface area contributed by atoms with Gasteiger partial charge in [0.1, 0.15) is 5.75 Å². The minimum absolute atomic E-state index is 0.0242. The van der Waals surface area contributed by atoms with Crippen LogP contribution in [0.25, 0.3) is 10.2 Å². The molecule has 3 heterocycles. The number of nitrogens with zero attached hydrogens (tertiary/aromatic N) is 4. The second-order valence-electron chi connectivity index (χ2n) is 10.8. The molecule has 0 spiro atoms. The molecule has 0 radical (unpaired) electrons. The van der Waals surface area contributed by atoms with Crippen LogP contribution in [0.3, 0.4) is 0 Å². The SMILES string of the molecule is N#CC1Cc2cc(OCCCc3sc(N4CCc5cccc(C(=O)Nc6nc7ccccc7s6)c5C4)nc3OC(=O)O)ccc21. The van der Waals surface area contributed by atoms with Crippen LogP contribution in [-0.4, -0.2) is 40.3 Å². The van der Waals surface area contributed by atoms with Gasteiger partial charge in [-0.1, -0.05) is 53.0 Å². The second kappa shape index (κ2) is 12.2. The number of benzene rings is 3. The fourth-order valence-electron chi connectivity index (χ4n) is 5.75. The van der Waals surface area contributed by atoms with Crippen molar-refractivity contribution in [1.82, 2.24) is 9.97 Å². The van der Waals surface area contributed by atoms with E-state index in [9.17, 15) is 14.7 Å². The number of nitriles is 1. The lowest BCUT2D eigenvalue weighted by Gasteiger charge is -2.29. The summed E-state index contributed by atoms with van der Waals surface area (Å²) in [6.45, 7) is 1.56. The first-order valence-electron chi connectivity index (χ1n) is 14.5. The number of ether oxygens (including phenoxy) is 2. The average molecular weight is 638 g/mol. The van der Waals surface area contributed by atoms with Crippen molar-refractivity contribution in [3.63, 3.8) is 0 Å². The standard InChI is InChI=1S/C33H27N5O5S2/c34-17-21-15-20-16-22(10-11-23(20)21)42-14-4-9-28-30(43-33(40)41)37-32(45-28)38-13-12-19-5-3-6-24(25(19)18-38)29(39)36-31-35-26-7-1-2-8-27(26)44-31/h1-3,5-8,10-11,16,21H,4,9,12-15,18H2,(H,40,41)(H,35,36,39). The predicted molar refractivity (Wildman–Crippen MR) is 172 cm³/mol. The second-order valence-corrected chi connectivity index (χ2v) is 12.9. The summed E-state index contributed by atoms with van der Waals surface area (Å²) in [4.78, 5) is 36.8. The molecule has 2 N–H and O–H groups in total. The van der Waals surface area contributed by atoms with Crippen LogP contribution in [0.15, 0.2) is 60.7 Å². The lowest BCUT2D eigenvalue weighted by atomic mass is 9.78. The van der Waals surface area contributed by atoms with E-state index in [1.165, 1.54) is 22.7 Å². The molecule has 45 heavy (non-hydrogen) atoms. The van der Waals surface area contributed by atoms with E-state index in [-0.39, 0.29) is 17.7 Å². The Labute approximate surface area is 266 Å². The summed E-state index contributed by atoms with van der Waals surface area (Å²) in [6.07, 6.45) is 1.21. The zero-order chi connectivity index (χ0) is 30.9. The quantitative estimate of drug-likeness (QED) is 0.132. The zero-order valence-electron chi connectivity index (χ0n) is 24.0. The Hall–Kier alpha value is -4.99. The monoisotopic (exact) mass is 637 g/mol. The number of thiazole rings is 2. The molecule has 7 rings (SSSR count). The Balaban J connectivity index is 1.03. The summed E-state index contributed by atoms with van der Waals surface area (Å²) in [5.41, 5.74) is 5.63. The van der Waals surface area contributed by atoms with Gasteiger partial charge in [-0.25, -0.2) is 9.78 Å². The van der Waals surface area contributed by atoms with Crippen molar-refractivity contribution in [1.29, 1.82) is 5.26 Å². The number of hydrogen-bond donors (Lipinski definition) is 2. The highest BCUT2D eigenvalue weighted by atomic mass is 32.1. The number of aryl methyl sites for hydroxylation is 1. The van der Waals surface area contributed by atoms with Crippen LogP contribution in [0, 0.1) is 11.3 Å². The number of fused-ring (bicyclic) bond motifs is 3. The molecule has 0 saturated heterocycles. The molecule has 5 aromatic rings. The van der Waals surface area contributed by atoms with Crippen LogP contribution in [0.1, 0.15) is 49.8 Å². The summed E-state index contributed by atoms with van der Waals surface area (Å²) in [6, 6.07) is 21.6. The maximum atomic E-state index is 13.4. The molecular formula is C33H27N5O5S2. The lowest BCUT2D eigenvalue weighted by Crippen LogP contribution is -2.32. The van der Waals surface area contributed by atoms with Crippen molar-refractivity contribution in [2.75, 3.05) is 23.4 Å². The van der Waals surface area contributed by atoms with Crippen LogP contribution >= 0.6 is 22.7 Å². The molecule has 1 aliphatic heterocycles. The van der Waals surface area contributed by atoms with E-state index in [1.807, 2.05) is 60.7 Å². The smallest absolute Gasteiger partial charge is 0.494 e. The molecule has 226 valence electrons. The number of amides is 1. The van der Waals surface area contributed by atoms with Crippen LogP contribution in [0.5, 0.6) is 11.6 Å². The van der Waals surface area contributed by atoms with Crippen LogP contribution < -0.4 is 19.7 Å². The van der Waals surface area contributed by atoms with Crippen molar-refractivity contribution in [2.24, 2.45) is 0 Å². The number of carbonyl (C=O) groups excluding carboxylic acids is 1. The van der Waals surface area contributed by atoms with E-state index < -0.39 is 6.16 Å². The maximum absolute atomic E-state index is 13.4. The van der Waals surface area contributed by atoms with Crippen LogP contribution in [0.2, 0.25) is 0 Å². The number of para-hydroxylation sites is 1. The Morgan fingerprint density at radius 2 is 1.98 bits per heavy atom. The molecule has 10 nitrogen and oxygen atoms in total. The normalized spacial score (nSPS) is 15.0. The minimum Gasteiger partial charge on any atom is -0.494 e. The summed E-state index contributed by atoms with van der Waals surface area (Å²) < 4.78 is 12.0. The first kappa shape index (κ1) is 28.8. The third-order valence-electron chi connectivity index (χ3n) is 8.02. The van der Waals surface area contributed by atoms with E-state index in [4.69, 9.17) is 14.7 Å². The van der Waals surface area contributed by atoms with Crippen LogP contribution in [0.4, 0.5) is 15.1 Å². The van der Waals surface area contributed by atoms with Crippen molar-refractivity contribution in [2.45, 2.75) is 38.1 Å². The van der Waals surface area contributed by atoms with Crippen molar-refractivity contribution >= 4 is 55.2 Å². The summed E-state index contributed by atoms with van der Waals surface area (Å²) in [5, 5.41) is 22.6. The van der Waals surface area contributed by atoms with Gasteiger partial charge in [-0.3, -0.25) is 10.1 Å². The van der Waals surface area contributed by atoms with Gasteiger partial charge in [0.25, 0.3) is 5.91 Å². The predicted octanol–water partition coefficient (Wildman–Crippen LogP) is 6.80. The van der Waals surface area contributed by atoms with Gasteiger partial charge in [-0.05, 0) is 78.3 Å². The Bertz CT molecular complexity index is 1950. The highest BCUT2D eigenvalue weighted by molar-refractivity contribution is 7.22. The summed E-state index contributed by atoms with van der Waals surface area (Å²) in [7, 11) is 0. The third-order valence-corrected chi connectivity index (χ3v) is 10.1. The van der Waals surface area contributed by atoms with Gasteiger partial charge in [-0.15, -0.1) is 0 Å². The number of rotatable bonds is 9. The third kappa shape index (κ3) is 5.92. The molecule has 0 saturated carbocycles. The van der Waals surface area contributed by atoms with Gasteiger partial charge in [0.05, 0.1) is 33.7 Å². The summed E-state index contributed by atoms with van der Waals surface area (Å²) >= 11 is 2.83. The van der Waals surface area contributed by atoms with Crippen molar-refractivity contribution in [3.05, 3.63) is 93.4 Å². The highest BCUT2D eigenvalue weighted by Gasteiger charge is 2.27. The average Bonchev–Trinajstić information content (AvgIpc) is 3.62. The molecule has 1 unspecified atom stereocenters. The van der Waals surface area contributed by atoms with Crippen molar-refractivity contribution in [3.8, 4) is 17.7 Å². The molecule has 2 aromatic heterocycles. The van der Waals surface area contributed by atoms with Gasteiger partial charge in [-0.2, -0.15) is 10.2 Å². The number of carboxylic acid groups (broad SMARTS) is 1. The first-order valence-corrected chi connectivity index (χ1v) is 16.2. The van der Waals surface area contributed by atoms with E-state index in [2.05, 4.69) is 26.3 Å². The molecule has 1 amide bonds. The Kier molecular flexibility index (Phi) is 7.79. The fraction of sp³-hybridized carbons (Fsp3) is 0.242. The van der Waals surface area contributed by atoms with Gasteiger partial charge >= 0.3 is 6.16 Å². The Morgan fingerprint density at radius 3 is 2.80 bits per heavy atom. The molecule has 1 aliphatic carbocycles. The number of carbonyl (C=O) groups is 2. The molecule has 0 fully saturated rings. The number of anilines is 2. The Morgan fingerprint density at radius 1 is 1.09 bits per heavy atom. The topological polar surface area (TPSA) is 138 Å². The molecule has 12 heteroatoms. The zero-order valence-corrected chi connectivity index (χ0v) is 25.6. The first-order chi connectivity index (χ1) is 21.9. The molecular weight excluding hydrogens is 611 g/mol. The van der Waals surface area contributed by atoms with Gasteiger partial charge in [0, 0.05) is 18.7 Å². The molecule has 2 aliphatic rings. The van der Waals surface area contributed by atoms with Gasteiger partial charge in [0.15, 0.2) is 10.3 Å². The fourth-order valence-corrected chi connectivity index (χ4v) is 7.67. The van der Waals surface area contributed by atoms with Gasteiger partial charge in [0.2, 0.25) is 5.88 Å². The van der Waals surface area contributed by atoms with E-state index in [0.717, 1.165) is 49.5 Å². The number of aromatic nitrogens is 2. The molecule has 1 atom stereocenters. The summed E-state index contributed by atoms with van der Waals surface area (Å²) in [5.74, 6) is 0.592. The van der Waals surface area contributed by atoms with E-state index in [1.54, 1.807) is 0 Å². The largest absolute Gasteiger partial charge is 0.512 e. The van der Waals surface area contributed by atoms with E-state index in [0.29, 0.717) is 54.8 Å². The minimum atomic E-state index is -1.42. The van der Waals surface area contributed by atoms with Gasteiger partial charge < -0.3 is 19.5 Å². The lowest BCUT2D eigenvalue weighted by molar-refractivity contribution is 0.102. The van der Waals surface area contributed by atoms with Crippen LogP contribution in [-0.2, 0) is 25.8 Å². The highest BCUT2D eigenvalue weighted by Crippen LogP contribution is 2.38. The maximum Gasteiger partial charge on any atom is 0.512 e. The van der Waals surface area contributed by atoms with E-state index >= 15 is 0 Å². The van der Waals surface area contributed by atoms with Crippen molar-refractivity contribution < 1.29 is 24.2 Å². The number of nitrogens with one attached hydrogen (secondary N) is 1. The molecule has 0 bridgehead atoms. The number of hydrogen-bond acceptors (Lipinski definition) is 10.